The molecule has 0 aliphatic heterocycles. The zero-order chi connectivity index (χ0) is 11.6. The third kappa shape index (κ3) is 1150. The second kappa shape index (κ2) is 158. The van der Waals surface area contributed by atoms with Crippen LogP contribution in [0.25, 0.3) is 0 Å². The molecule has 0 aromatic carbocycles. The summed E-state index contributed by atoms with van der Waals surface area (Å²) in [5.41, 5.74) is 0. The molecule has 0 rings (SSSR count). The predicted molar refractivity (Wildman–Crippen MR) is 38.3 cm³/mol. The molecule has 0 bridgehead atoms. The first kappa shape index (κ1) is 54.7. The molecule has 0 fully saturated rings. The maximum atomic E-state index is 8.42. The van der Waals surface area contributed by atoms with Crippen molar-refractivity contribution in [3.63, 3.8) is 0 Å². The Morgan fingerprint density at radius 2 is 0.533 bits per heavy atom. The minimum absolute atomic E-state index is 0. The number of hydrogen-bond acceptors (Lipinski definition) is 7. The van der Waals surface area contributed by atoms with Crippen molar-refractivity contribution < 1.29 is 92.1 Å². The third-order valence-electron chi connectivity index (χ3n) is 0. The second-order valence-corrected chi connectivity index (χ2v) is 0.289. The summed E-state index contributed by atoms with van der Waals surface area (Å²) in [6, 6.07) is 0. The summed E-state index contributed by atoms with van der Waals surface area (Å²) < 4.78 is 0. The van der Waals surface area contributed by atoms with Crippen LogP contribution < -0.4 is 71.7 Å². The van der Waals surface area contributed by atoms with Gasteiger partial charge in [-0.15, -0.1) is 0 Å². The summed E-state index contributed by atoms with van der Waals surface area (Å²) in [6.45, 7) is 0. The van der Waals surface area contributed by atoms with Crippen molar-refractivity contribution >= 4 is 7.32 Å². The average molecular weight is 208 g/mol. The molecule has 0 aliphatic rings. The van der Waals surface area contributed by atoms with Gasteiger partial charge in [-0.1, -0.05) is 0 Å². The standard InChI is InChI=1S/4CH4O.BO3.3Li/c4*1-2;2-1(3)4;;;/h4*2H,1H3;;;;/q;;;;-3;3*+1. The van der Waals surface area contributed by atoms with Crippen molar-refractivity contribution in [2.75, 3.05) is 28.4 Å². The zero-order valence-corrected chi connectivity index (χ0v) is 10.6. The van der Waals surface area contributed by atoms with E-state index in [0.29, 0.717) is 0 Å². The summed E-state index contributed by atoms with van der Waals surface area (Å²) in [5, 5.41) is 53.2. The van der Waals surface area contributed by atoms with Crippen LogP contribution in [-0.2, 0) is 0 Å². The SMILES string of the molecule is CO.CO.CO.CO.[Li+].[Li+].[Li+].[O-]B([O-])[O-]. The molecule has 4 N–H and O–H groups in total. The first-order valence-corrected chi connectivity index (χ1v) is 2.50. The van der Waals surface area contributed by atoms with Gasteiger partial charge in [0, 0.05) is 28.4 Å². The van der Waals surface area contributed by atoms with Gasteiger partial charge in [-0.25, -0.2) is 0 Å². The summed E-state index contributed by atoms with van der Waals surface area (Å²) in [4.78, 5) is 0. The van der Waals surface area contributed by atoms with Crippen molar-refractivity contribution in [1.29, 1.82) is 0 Å². The largest absolute Gasteiger partial charge is 1.00 e. The van der Waals surface area contributed by atoms with Crippen molar-refractivity contribution in [2.24, 2.45) is 0 Å². The van der Waals surface area contributed by atoms with Gasteiger partial charge in [0.1, 0.15) is 0 Å². The Bertz CT molecular complexity index is 31.0. The Morgan fingerprint density at radius 3 is 0.533 bits per heavy atom. The van der Waals surface area contributed by atoms with Gasteiger partial charge in [0.25, 0.3) is 0 Å². The fourth-order valence-corrected chi connectivity index (χ4v) is 0. The molecule has 80 valence electrons. The second-order valence-electron chi connectivity index (χ2n) is 0.289. The van der Waals surface area contributed by atoms with Crippen LogP contribution in [0.15, 0.2) is 0 Å². The molecule has 0 spiro atoms. The zero-order valence-electron chi connectivity index (χ0n) is 10.6. The number of rotatable bonds is 0. The van der Waals surface area contributed by atoms with E-state index < -0.39 is 7.32 Å². The summed E-state index contributed by atoms with van der Waals surface area (Å²) in [6.07, 6.45) is 0. The minimum Gasteiger partial charge on any atom is -0.907 e. The number of aliphatic hydroxyl groups is 4. The van der Waals surface area contributed by atoms with Crippen LogP contribution in [-0.4, -0.2) is 56.2 Å². The van der Waals surface area contributed by atoms with E-state index in [1.165, 1.54) is 0 Å². The van der Waals surface area contributed by atoms with E-state index in [4.69, 9.17) is 35.5 Å². The molecule has 0 aromatic rings. The van der Waals surface area contributed by atoms with E-state index in [-0.39, 0.29) is 56.6 Å². The fourth-order valence-electron chi connectivity index (χ4n) is 0. The summed E-state index contributed by atoms with van der Waals surface area (Å²) >= 11 is 0. The maximum absolute atomic E-state index is 8.42. The van der Waals surface area contributed by atoms with E-state index in [1.54, 1.807) is 0 Å². The van der Waals surface area contributed by atoms with Crippen molar-refractivity contribution in [2.45, 2.75) is 0 Å². The van der Waals surface area contributed by atoms with Gasteiger partial charge >= 0.3 is 56.6 Å². The molecule has 0 amide bonds. The molecule has 0 saturated heterocycles. The molecule has 0 atom stereocenters. The smallest absolute Gasteiger partial charge is 0.907 e. The summed E-state index contributed by atoms with van der Waals surface area (Å²) in [5.74, 6) is 0. The molecular formula is C4H16BLi3O7. The number of hydrogen-bond donors (Lipinski definition) is 4. The molecule has 0 aliphatic carbocycles. The van der Waals surface area contributed by atoms with Crippen LogP contribution in [0, 0.1) is 0 Å². The van der Waals surface area contributed by atoms with Crippen LogP contribution in [0.2, 0.25) is 0 Å². The molecular weight excluding hydrogens is 192 g/mol. The van der Waals surface area contributed by atoms with Crippen molar-refractivity contribution in [3.05, 3.63) is 0 Å². The average Bonchev–Trinajstić information content (AvgIpc) is 2.16. The van der Waals surface area contributed by atoms with Crippen LogP contribution in [0.5, 0.6) is 0 Å². The predicted octanol–water partition coefficient (Wildman–Crippen LogP) is -14.5. The van der Waals surface area contributed by atoms with Gasteiger partial charge in [0.2, 0.25) is 0 Å². The minimum atomic E-state index is -2.92. The summed E-state index contributed by atoms with van der Waals surface area (Å²) in [7, 11) is 1.08. The van der Waals surface area contributed by atoms with Crippen molar-refractivity contribution in [1.82, 2.24) is 0 Å². The monoisotopic (exact) mass is 208 g/mol. The topological polar surface area (TPSA) is 150 Å². The first-order valence-electron chi connectivity index (χ1n) is 2.50. The Kier molecular flexibility index (Phi) is 576. The number of aliphatic hydroxyl groups excluding tert-OH is 4. The quantitative estimate of drug-likeness (QED) is 0.288. The van der Waals surface area contributed by atoms with Crippen LogP contribution in [0.4, 0.5) is 0 Å². The van der Waals surface area contributed by atoms with E-state index in [1.807, 2.05) is 0 Å². The Labute approximate surface area is 127 Å². The van der Waals surface area contributed by atoms with E-state index in [0.717, 1.165) is 28.4 Å². The molecule has 0 heterocycles. The van der Waals surface area contributed by atoms with Crippen LogP contribution >= 0.6 is 0 Å². The van der Waals surface area contributed by atoms with Crippen molar-refractivity contribution in [3.8, 4) is 0 Å². The van der Waals surface area contributed by atoms with Gasteiger partial charge in [0.15, 0.2) is 0 Å². The molecule has 15 heavy (non-hydrogen) atoms. The third-order valence-corrected chi connectivity index (χ3v) is 0. The van der Waals surface area contributed by atoms with Gasteiger partial charge < -0.3 is 35.5 Å². The molecule has 0 saturated carbocycles. The fraction of sp³-hybridized carbons (Fsp3) is 1.00. The van der Waals surface area contributed by atoms with Crippen LogP contribution in [0.3, 0.4) is 0 Å². The first-order chi connectivity index (χ1) is 5.73. The molecule has 7 nitrogen and oxygen atoms in total. The van der Waals surface area contributed by atoms with E-state index >= 15 is 0 Å². The van der Waals surface area contributed by atoms with Gasteiger partial charge in [-0.2, -0.15) is 0 Å². The molecule has 0 unspecified atom stereocenters. The normalized spacial score (nSPS) is 3.40. The van der Waals surface area contributed by atoms with Gasteiger partial charge in [-0.05, 0) is 0 Å². The molecule has 11 heteroatoms. The van der Waals surface area contributed by atoms with E-state index in [9.17, 15) is 0 Å². The molecule has 0 aromatic heterocycles. The van der Waals surface area contributed by atoms with Gasteiger partial charge in [0.05, 0.1) is 0 Å². The molecule has 0 radical (unpaired) electrons. The van der Waals surface area contributed by atoms with Crippen LogP contribution in [0.1, 0.15) is 0 Å². The van der Waals surface area contributed by atoms with Gasteiger partial charge in [-0.3, -0.25) is 7.32 Å². The Hall–Kier alpha value is 1.58. The Balaban J connectivity index is -0.00000000677. The maximum Gasteiger partial charge on any atom is 1.00 e. The Morgan fingerprint density at radius 1 is 0.533 bits per heavy atom. The van der Waals surface area contributed by atoms with E-state index in [2.05, 4.69) is 0 Å².